The summed E-state index contributed by atoms with van der Waals surface area (Å²) in [7, 11) is 0. The zero-order valence-corrected chi connectivity index (χ0v) is 10.2. The van der Waals surface area contributed by atoms with Crippen LogP contribution in [0, 0.1) is 6.92 Å². The number of rotatable bonds is 2. The molecular weight excluding hydrogens is 226 g/mol. The van der Waals surface area contributed by atoms with Gasteiger partial charge in [0.15, 0.2) is 5.78 Å². The van der Waals surface area contributed by atoms with Crippen LogP contribution in [0.1, 0.15) is 23.0 Å². The zero-order valence-electron chi connectivity index (χ0n) is 10.2. The van der Waals surface area contributed by atoms with E-state index in [1.807, 2.05) is 25.1 Å². The Morgan fingerprint density at radius 2 is 2.17 bits per heavy atom. The number of para-hydroxylation sites is 1. The Hall–Kier alpha value is -2.36. The lowest BCUT2D eigenvalue weighted by Gasteiger charge is -1.98. The fourth-order valence-electron chi connectivity index (χ4n) is 2.28. The van der Waals surface area contributed by atoms with Crippen molar-refractivity contribution >= 4 is 16.7 Å². The standard InChI is InChI=1S/C14H13N3O/c1-8-4-3-5-10-11(14-15-6-7-16-14)13(9(2)18)17-12(8)10/h3-7,17H,1-2H3,(H,15,16). The number of benzene rings is 1. The van der Waals surface area contributed by atoms with Gasteiger partial charge in [-0.3, -0.25) is 4.79 Å². The highest BCUT2D eigenvalue weighted by molar-refractivity contribution is 6.09. The molecule has 0 aliphatic carbocycles. The predicted octanol–water partition coefficient (Wildman–Crippen LogP) is 3.07. The Morgan fingerprint density at radius 3 is 2.83 bits per heavy atom. The second-order valence-corrected chi connectivity index (χ2v) is 4.37. The number of aromatic nitrogens is 3. The molecule has 0 atom stereocenters. The number of carbonyl (C=O) groups excluding carboxylic acids is 1. The van der Waals surface area contributed by atoms with Crippen molar-refractivity contribution in [2.45, 2.75) is 13.8 Å². The molecule has 2 N–H and O–H groups in total. The summed E-state index contributed by atoms with van der Waals surface area (Å²) in [5, 5.41) is 1.02. The molecule has 0 amide bonds. The molecule has 0 bridgehead atoms. The molecule has 2 aromatic heterocycles. The van der Waals surface area contributed by atoms with Crippen LogP contribution in [0.2, 0.25) is 0 Å². The van der Waals surface area contributed by atoms with Gasteiger partial charge in [-0.1, -0.05) is 18.2 Å². The minimum Gasteiger partial charge on any atom is -0.351 e. The van der Waals surface area contributed by atoms with E-state index >= 15 is 0 Å². The highest BCUT2D eigenvalue weighted by Crippen LogP contribution is 2.31. The van der Waals surface area contributed by atoms with Gasteiger partial charge in [-0.05, 0) is 12.5 Å². The number of nitrogens with zero attached hydrogens (tertiary/aromatic N) is 1. The van der Waals surface area contributed by atoms with Crippen molar-refractivity contribution in [3.63, 3.8) is 0 Å². The van der Waals surface area contributed by atoms with E-state index in [9.17, 15) is 4.79 Å². The number of carbonyl (C=O) groups is 1. The smallest absolute Gasteiger partial charge is 0.176 e. The number of ketones is 1. The molecule has 0 unspecified atom stereocenters. The highest BCUT2D eigenvalue weighted by Gasteiger charge is 2.18. The molecule has 0 fully saturated rings. The van der Waals surface area contributed by atoms with Crippen LogP contribution in [0.15, 0.2) is 30.6 Å². The van der Waals surface area contributed by atoms with E-state index in [2.05, 4.69) is 15.0 Å². The van der Waals surface area contributed by atoms with Gasteiger partial charge >= 0.3 is 0 Å². The van der Waals surface area contributed by atoms with E-state index in [1.54, 1.807) is 19.3 Å². The Balaban J connectivity index is 2.44. The van der Waals surface area contributed by atoms with Gasteiger partial charge in [0.05, 0.1) is 11.3 Å². The maximum absolute atomic E-state index is 11.8. The van der Waals surface area contributed by atoms with E-state index in [4.69, 9.17) is 0 Å². The van der Waals surface area contributed by atoms with Crippen LogP contribution in [0.4, 0.5) is 0 Å². The third-order valence-electron chi connectivity index (χ3n) is 3.13. The molecule has 3 aromatic rings. The summed E-state index contributed by atoms with van der Waals surface area (Å²) in [4.78, 5) is 22.3. The van der Waals surface area contributed by atoms with Gasteiger partial charge in [0.25, 0.3) is 0 Å². The average molecular weight is 239 g/mol. The molecule has 2 heterocycles. The predicted molar refractivity (Wildman–Crippen MR) is 70.6 cm³/mol. The summed E-state index contributed by atoms with van der Waals surface area (Å²) in [6.45, 7) is 3.58. The van der Waals surface area contributed by atoms with Crippen molar-refractivity contribution in [3.05, 3.63) is 41.9 Å². The SMILES string of the molecule is CC(=O)c1[nH]c2c(C)cccc2c1-c1ncc[nH]1. The molecule has 0 aliphatic rings. The monoisotopic (exact) mass is 239 g/mol. The van der Waals surface area contributed by atoms with Gasteiger partial charge in [-0.2, -0.15) is 0 Å². The van der Waals surface area contributed by atoms with Gasteiger partial charge in [-0.25, -0.2) is 4.98 Å². The summed E-state index contributed by atoms with van der Waals surface area (Å²) in [5.74, 6) is 0.731. The maximum atomic E-state index is 11.8. The van der Waals surface area contributed by atoms with Crippen molar-refractivity contribution in [1.82, 2.24) is 15.0 Å². The lowest BCUT2D eigenvalue weighted by molar-refractivity contribution is 0.101. The molecule has 1 aromatic carbocycles. The van der Waals surface area contributed by atoms with Crippen LogP contribution in [-0.4, -0.2) is 20.7 Å². The molecule has 90 valence electrons. The van der Waals surface area contributed by atoms with E-state index in [1.165, 1.54) is 0 Å². The number of nitrogens with one attached hydrogen (secondary N) is 2. The Morgan fingerprint density at radius 1 is 1.33 bits per heavy atom. The summed E-state index contributed by atoms with van der Waals surface area (Å²) < 4.78 is 0. The number of imidazole rings is 1. The largest absolute Gasteiger partial charge is 0.351 e. The minimum absolute atomic E-state index is 0.0111. The first-order chi connectivity index (χ1) is 8.68. The van der Waals surface area contributed by atoms with E-state index in [0.29, 0.717) is 5.69 Å². The van der Waals surface area contributed by atoms with E-state index in [-0.39, 0.29) is 5.78 Å². The number of fused-ring (bicyclic) bond motifs is 1. The first-order valence-corrected chi connectivity index (χ1v) is 5.80. The van der Waals surface area contributed by atoms with Crippen LogP contribution >= 0.6 is 0 Å². The fraction of sp³-hybridized carbons (Fsp3) is 0.143. The Labute approximate surface area is 104 Å². The van der Waals surface area contributed by atoms with Crippen molar-refractivity contribution in [2.24, 2.45) is 0 Å². The zero-order chi connectivity index (χ0) is 12.7. The average Bonchev–Trinajstić information content (AvgIpc) is 2.94. The molecule has 3 rings (SSSR count). The van der Waals surface area contributed by atoms with E-state index < -0.39 is 0 Å². The molecular formula is C14H13N3O. The van der Waals surface area contributed by atoms with Gasteiger partial charge < -0.3 is 9.97 Å². The van der Waals surface area contributed by atoms with Gasteiger partial charge in [0, 0.05) is 30.2 Å². The van der Waals surface area contributed by atoms with Crippen LogP contribution in [0.3, 0.4) is 0 Å². The first kappa shape index (κ1) is 10.8. The Kier molecular flexibility index (Phi) is 2.30. The number of aryl methyl sites for hydroxylation is 1. The van der Waals surface area contributed by atoms with Crippen molar-refractivity contribution < 1.29 is 4.79 Å². The summed E-state index contributed by atoms with van der Waals surface area (Å²) in [5.41, 5.74) is 3.57. The van der Waals surface area contributed by atoms with Crippen LogP contribution in [0.5, 0.6) is 0 Å². The lowest BCUT2D eigenvalue weighted by Crippen LogP contribution is -1.95. The molecule has 4 heteroatoms. The van der Waals surface area contributed by atoms with E-state index in [0.717, 1.165) is 27.9 Å². The minimum atomic E-state index is 0.0111. The molecule has 0 aliphatic heterocycles. The first-order valence-electron chi connectivity index (χ1n) is 5.80. The second kappa shape index (κ2) is 3.84. The molecule has 0 radical (unpaired) electrons. The summed E-state index contributed by atoms with van der Waals surface area (Å²) in [6, 6.07) is 6.01. The van der Waals surface area contributed by atoms with Crippen LogP contribution in [-0.2, 0) is 0 Å². The van der Waals surface area contributed by atoms with Gasteiger partial charge in [0.1, 0.15) is 5.82 Å². The third kappa shape index (κ3) is 1.46. The normalized spacial score (nSPS) is 11.0. The summed E-state index contributed by atoms with van der Waals surface area (Å²) >= 11 is 0. The quantitative estimate of drug-likeness (QED) is 0.675. The number of Topliss-reactive ketones (excluding diaryl/α,β-unsaturated/α-hetero) is 1. The van der Waals surface area contributed by atoms with Crippen LogP contribution in [0.25, 0.3) is 22.3 Å². The number of hydrogen-bond acceptors (Lipinski definition) is 2. The van der Waals surface area contributed by atoms with Crippen molar-refractivity contribution in [1.29, 1.82) is 0 Å². The molecule has 4 nitrogen and oxygen atoms in total. The number of H-pyrrole nitrogens is 2. The molecule has 18 heavy (non-hydrogen) atoms. The molecule has 0 saturated carbocycles. The number of aromatic amines is 2. The topological polar surface area (TPSA) is 61.5 Å². The van der Waals surface area contributed by atoms with Crippen molar-refractivity contribution in [3.8, 4) is 11.4 Å². The maximum Gasteiger partial charge on any atom is 0.176 e. The fourth-order valence-corrected chi connectivity index (χ4v) is 2.28. The third-order valence-corrected chi connectivity index (χ3v) is 3.13. The Bertz CT molecular complexity index is 723. The van der Waals surface area contributed by atoms with Crippen molar-refractivity contribution in [2.75, 3.05) is 0 Å². The van der Waals surface area contributed by atoms with Crippen LogP contribution < -0.4 is 0 Å². The number of hydrogen-bond donors (Lipinski definition) is 2. The van der Waals surface area contributed by atoms with Gasteiger partial charge in [-0.15, -0.1) is 0 Å². The van der Waals surface area contributed by atoms with Gasteiger partial charge in [0.2, 0.25) is 0 Å². The highest BCUT2D eigenvalue weighted by atomic mass is 16.1. The molecule has 0 spiro atoms. The summed E-state index contributed by atoms with van der Waals surface area (Å²) in [6.07, 6.45) is 3.45. The lowest BCUT2D eigenvalue weighted by atomic mass is 10.1. The second-order valence-electron chi connectivity index (χ2n) is 4.37. The molecule has 0 saturated heterocycles.